The molecule has 0 unspecified atom stereocenters. The normalized spacial score (nSPS) is 10.5. The van der Waals surface area contributed by atoms with Gasteiger partial charge in [-0.3, -0.25) is 0 Å². The number of rotatable bonds is 6. The van der Waals surface area contributed by atoms with E-state index in [1.807, 2.05) is 61.5 Å². The first kappa shape index (κ1) is 21.8. The molecule has 7 heteroatoms. The lowest BCUT2D eigenvalue weighted by Crippen LogP contribution is -2.19. The molecule has 0 radical (unpaired) electrons. The zero-order chi connectivity index (χ0) is 23.2. The lowest BCUT2D eigenvalue weighted by atomic mass is 10.1. The molecule has 0 aliphatic rings. The second kappa shape index (κ2) is 9.82. The second-order valence-corrected chi connectivity index (χ2v) is 7.41. The van der Waals surface area contributed by atoms with Crippen molar-refractivity contribution in [3.05, 3.63) is 84.4 Å². The van der Waals surface area contributed by atoms with Crippen molar-refractivity contribution in [2.24, 2.45) is 0 Å². The summed E-state index contributed by atoms with van der Waals surface area (Å²) < 4.78 is 10.5. The number of anilines is 2. The van der Waals surface area contributed by atoms with Crippen molar-refractivity contribution in [2.75, 3.05) is 24.4 Å². The van der Waals surface area contributed by atoms with Crippen LogP contribution >= 0.6 is 0 Å². The van der Waals surface area contributed by atoms with Gasteiger partial charge in [0.15, 0.2) is 6.61 Å². The molecule has 4 aromatic rings. The number of fused-ring (bicyclic) bond motifs is 1. The predicted octanol–water partition coefficient (Wildman–Crippen LogP) is 5.41. The molecule has 0 bridgehead atoms. The molecular weight excluding hydrogens is 418 g/mol. The SMILES string of the molecule is COC(=O)COc1cc(-c2ccccc2)nc2ccc(NC(=O)Nc3ccc(C)cc3)cc12. The molecule has 0 saturated heterocycles. The number of amides is 2. The number of carbonyl (C=O) groups excluding carboxylic acids is 2. The van der Waals surface area contributed by atoms with Gasteiger partial charge in [-0.1, -0.05) is 48.0 Å². The Morgan fingerprint density at radius 1 is 0.879 bits per heavy atom. The van der Waals surface area contributed by atoms with Crippen LogP contribution in [0.4, 0.5) is 16.2 Å². The Morgan fingerprint density at radius 3 is 2.30 bits per heavy atom. The van der Waals surface area contributed by atoms with Gasteiger partial charge in [0.1, 0.15) is 5.75 Å². The van der Waals surface area contributed by atoms with E-state index >= 15 is 0 Å². The fourth-order valence-corrected chi connectivity index (χ4v) is 3.27. The van der Waals surface area contributed by atoms with E-state index in [2.05, 4.69) is 10.6 Å². The summed E-state index contributed by atoms with van der Waals surface area (Å²) in [5.74, 6) is -0.0279. The molecule has 0 fully saturated rings. The predicted molar refractivity (Wildman–Crippen MR) is 129 cm³/mol. The first-order chi connectivity index (χ1) is 16.0. The zero-order valence-corrected chi connectivity index (χ0v) is 18.3. The highest BCUT2D eigenvalue weighted by Gasteiger charge is 2.13. The fourth-order valence-electron chi connectivity index (χ4n) is 3.27. The van der Waals surface area contributed by atoms with Gasteiger partial charge in [0.2, 0.25) is 0 Å². The van der Waals surface area contributed by atoms with Crippen molar-refractivity contribution >= 4 is 34.3 Å². The van der Waals surface area contributed by atoms with Crippen LogP contribution < -0.4 is 15.4 Å². The van der Waals surface area contributed by atoms with Gasteiger partial charge in [-0.15, -0.1) is 0 Å². The highest BCUT2D eigenvalue weighted by molar-refractivity contribution is 6.01. The third-order valence-corrected chi connectivity index (χ3v) is 4.98. The Bertz CT molecular complexity index is 1290. The van der Waals surface area contributed by atoms with Gasteiger partial charge in [0, 0.05) is 28.4 Å². The highest BCUT2D eigenvalue weighted by atomic mass is 16.6. The van der Waals surface area contributed by atoms with E-state index in [4.69, 9.17) is 14.5 Å². The number of methoxy groups -OCH3 is 1. The molecule has 3 aromatic carbocycles. The zero-order valence-electron chi connectivity index (χ0n) is 18.3. The Hall–Kier alpha value is -4.39. The van der Waals surface area contributed by atoms with Crippen LogP contribution in [0.1, 0.15) is 5.56 Å². The Kier molecular flexibility index (Phi) is 6.50. The number of carbonyl (C=O) groups is 2. The Labute approximate surface area is 191 Å². The number of nitrogens with one attached hydrogen (secondary N) is 2. The second-order valence-electron chi connectivity index (χ2n) is 7.41. The first-order valence-corrected chi connectivity index (χ1v) is 10.4. The molecule has 0 aliphatic heterocycles. The quantitative estimate of drug-likeness (QED) is 0.391. The summed E-state index contributed by atoms with van der Waals surface area (Å²) in [6.45, 7) is 1.74. The number of esters is 1. The summed E-state index contributed by atoms with van der Waals surface area (Å²) >= 11 is 0. The van der Waals surface area contributed by atoms with Crippen molar-refractivity contribution in [3.8, 4) is 17.0 Å². The minimum atomic E-state index is -0.493. The van der Waals surface area contributed by atoms with Crippen molar-refractivity contribution in [2.45, 2.75) is 6.92 Å². The average Bonchev–Trinajstić information content (AvgIpc) is 2.84. The first-order valence-electron chi connectivity index (χ1n) is 10.4. The van der Waals surface area contributed by atoms with E-state index in [1.165, 1.54) is 7.11 Å². The maximum absolute atomic E-state index is 12.5. The molecule has 2 amide bonds. The summed E-state index contributed by atoms with van der Waals surface area (Å²) in [5, 5.41) is 6.28. The van der Waals surface area contributed by atoms with E-state index in [-0.39, 0.29) is 12.6 Å². The largest absolute Gasteiger partial charge is 0.481 e. The van der Waals surface area contributed by atoms with Crippen LogP contribution in [0.25, 0.3) is 22.2 Å². The van der Waals surface area contributed by atoms with E-state index in [0.29, 0.717) is 33.7 Å². The maximum Gasteiger partial charge on any atom is 0.343 e. The summed E-state index contributed by atoms with van der Waals surface area (Å²) in [7, 11) is 1.31. The molecule has 0 saturated carbocycles. The van der Waals surface area contributed by atoms with Gasteiger partial charge in [0.05, 0.1) is 18.3 Å². The molecular formula is C26H23N3O4. The lowest BCUT2D eigenvalue weighted by Gasteiger charge is -2.13. The molecule has 1 aromatic heterocycles. The molecule has 1 heterocycles. The van der Waals surface area contributed by atoms with Crippen LogP contribution in [0.15, 0.2) is 78.9 Å². The molecule has 2 N–H and O–H groups in total. The van der Waals surface area contributed by atoms with Crippen LogP contribution in [-0.2, 0) is 9.53 Å². The van der Waals surface area contributed by atoms with Crippen LogP contribution in [-0.4, -0.2) is 30.7 Å². The number of urea groups is 1. The van der Waals surface area contributed by atoms with Gasteiger partial charge in [-0.25, -0.2) is 14.6 Å². The fraction of sp³-hybridized carbons (Fsp3) is 0.115. The van der Waals surface area contributed by atoms with E-state index in [0.717, 1.165) is 11.1 Å². The van der Waals surface area contributed by atoms with Crippen LogP contribution in [0.5, 0.6) is 5.75 Å². The minimum absolute atomic E-state index is 0.241. The van der Waals surface area contributed by atoms with E-state index in [1.54, 1.807) is 24.3 Å². The van der Waals surface area contributed by atoms with Crippen LogP contribution in [0.3, 0.4) is 0 Å². The molecule has 166 valence electrons. The molecule has 0 spiro atoms. The number of aromatic nitrogens is 1. The Morgan fingerprint density at radius 2 is 1.58 bits per heavy atom. The molecule has 0 atom stereocenters. The third-order valence-electron chi connectivity index (χ3n) is 4.98. The molecule has 4 rings (SSSR count). The van der Waals surface area contributed by atoms with Gasteiger partial charge >= 0.3 is 12.0 Å². The summed E-state index contributed by atoms with van der Waals surface area (Å²) in [5.41, 5.74) is 4.65. The number of aryl methyl sites for hydroxylation is 1. The number of ether oxygens (including phenoxy) is 2. The molecule has 7 nitrogen and oxygen atoms in total. The van der Waals surface area contributed by atoms with Crippen molar-refractivity contribution < 1.29 is 19.1 Å². The lowest BCUT2D eigenvalue weighted by molar-refractivity contribution is -0.142. The van der Waals surface area contributed by atoms with Gasteiger partial charge in [0.25, 0.3) is 0 Å². The van der Waals surface area contributed by atoms with Gasteiger partial charge < -0.3 is 20.1 Å². The average molecular weight is 441 g/mol. The number of hydrogen-bond donors (Lipinski definition) is 2. The van der Waals surface area contributed by atoms with E-state index in [9.17, 15) is 9.59 Å². The molecule has 0 aliphatic carbocycles. The smallest absolute Gasteiger partial charge is 0.343 e. The number of nitrogens with zero attached hydrogens (tertiary/aromatic N) is 1. The topological polar surface area (TPSA) is 89.6 Å². The highest BCUT2D eigenvalue weighted by Crippen LogP contribution is 2.32. The monoisotopic (exact) mass is 441 g/mol. The maximum atomic E-state index is 12.5. The minimum Gasteiger partial charge on any atom is -0.481 e. The van der Waals surface area contributed by atoms with Crippen molar-refractivity contribution in [3.63, 3.8) is 0 Å². The van der Waals surface area contributed by atoms with Crippen LogP contribution in [0, 0.1) is 6.92 Å². The van der Waals surface area contributed by atoms with Crippen molar-refractivity contribution in [1.29, 1.82) is 0 Å². The standard InChI is InChI=1S/C26H23N3O4/c1-17-8-10-19(11-9-17)27-26(31)28-20-12-13-22-21(14-20)24(33-16-25(30)32-2)15-23(29-22)18-6-4-3-5-7-18/h3-15H,16H2,1-2H3,(H2,27,28,31). The molecule has 33 heavy (non-hydrogen) atoms. The number of pyridine rings is 1. The summed E-state index contributed by atoms with van der Waals surface area (Å²) in [6, 6.07) is 23.9. The number of benzene rings is 3. The third kappa shape index (κ3) is 5.46. The van der Waals surface area contributed by atoms with Gasteiger partial charge in [-0.2, -0.15) is 0 Å². The van der Waals surface area contributed by atoms with Crippen LogP contribution in [0.2, 0.25) is 0 Å². The van der Waals surface area contributed by atoms with Crippen molar-refractivity contribution in [1.82, 2.24) is 4.98 Å². The van der Waals surface area contributed by atoms with E-state index < -0.39 is 5.97 Å². The summed E-state index contributed by atoms with van der Waals surface area (Å²) in [4.78, 5) is 28.8. The van der Waals surface area contributed by atoms with Gasteiger partial charge in [-0.05, 0) is 37.3 Å². The number of hydrogen-bond acceptors (Lipinski definition) is 5. The summed E-state index contributed by atoms with van der Waals surface area (Å²) in [6.07, 6.45) is 0. The Balaban J connectivity index is 1.63.